The average molecular weight is 457 g/mol. The lowest BCUT2D eigenvalue weighted by Gasteiger charge is -2.14. The van der Waals surface area contributed by atoms with Crippen LogP contribution >= 0.6 is 0 Å². The highest BCUT2D eigenvalue weighted by atomic mass is 19.1. The molecule has 2 amide bonds. The van der Waals surface area contributed by atoms with E-state index in [1.165, 1.54) is 48.3 Å². The number of rotatable bonds is 8. The Morgan fingerprint density at radius 3 is 2.73 bits per heavy atom. The molecule has 0 bridgehead atoms. The van der Waals surface area contributed by atoms with Gasteiger partial charge in [0, 0.05) is 37.1 Å². The summed E-state index contributed by atoms with van der Waals surface area (Å²) in [4.78, 5) is 32.3. The van der Waals surface area contributed by atoms with Crippen molar-refractivity contribution in [2.75, 3.05) is 12.0 Å². The second kappa shape index (κ2) is 10.4. The molecular weight excluding hydrogens is 436 g/mol. The van der Waals surface area contributed by atoms with Crippen LogP contribution in [0.4, 0.5) is 19.4 Å². The quantitative estimate of drug-likeness (QED) is 0.497. The molecule has 0 radical (unpaired) electrons. The van der Waals surface area contributed by atoms with E-state index in [1.807, 2.05) is 0 Å². The molecule has 33 heavy (non-hydrogen) atoms. The summed E-state index contributed by atoms with van der Waals surface area (Å²) in [6, 6.07) is 6.00. The fourth-order valence-electron chi connectivity index (χ4n) is 2.80. The van der Waals surface area contributed by atoms with Crippen LogP contribution in [0.5, 0.6) is 0 Å². The van der Waals surface area contributed by atoms with Crippen molar-refractivity contribution in [3.8, 4) is 11.4 Å². The number of nitrogens with one attached hydrogen (secondary N) is 2. The lowest BCUT2D eigenvalue weighted by Crippen LogP contribution is -2.22. The highest BCUT2D eigenvalue weighted by molar-refractivity contribution is 5.95. The van der Waals surface area contributed by atoms with Crippen LogP contribution < -0.4 is 10.6 Å². The number of carbonyl (C=O) groups excluding carboxylic acids is 2. The molecule has 2 N–H and O–H groups in total. The fourth-order valence-corrected chi connectivity index (χ4v) is 2.80. The Morgan fingerprint density at radius 2 is 2.06 bits per heavy atom. The normalized spacial score (nSPS) is 11.5. The summed E-state index contributed by atoms with van der Waals surface area (Å²) in [7, 11) is 1.55. The van der Waals surface area contributed by atoms with Gasteiger partial charge in [-0.2, -0.15) is 4.39 Å². The number of anilines is 1. The van der Waals surface area contributed by atoms with Crippen LogP contribution in [-0.4, -0.2) is 43.6 Å². The van der Waals surface area contributed by atoms with E-state index in [0.717, 1.165) is 0 Å². The standard InChI is InChI=1S/C21H21F2N7O3/c1-12(8-9-22)26-20(31)14-6-7-16(25-11-14)17-19(30(3)29-28-17)27-21(32)33-13(2)15-5-4-10-24-18(15)23/h4-7,10-11,13H,1,8-9H2,2-3H3,(H,26,31)(H,27,32)/t13-/m1/s1. The first kappa shape index (κ1) is 23.4. The lowest BCUT2D eigenvalue weighted by molar-refractivity contribution is 0.0964. The maximum atomic E-state index is 13.8. The van der Waals surface area contributed by atoms with E-state index in [0.29, 0.717) is 5.69 Å². The Bertz CT molecular complexity index is 1160. The summed E-state index contributed by atoms with van der Waals surface area (Å²) in [5, 5.41) is 12.9. The van der Waals surface area contributed by atoms with Gasteiger partial charge in [-0.3, -0.25) is 19.5 Å². The van der Waals surface area contributed by atoms with Gasteiger partial charge in [0.15, 0.2) is 11.5 Å². The zero-order valence-corrected chi connectivity index (χ0v) is 17.9. The van der Waals surface area contributed by atoms with Crippen molar-refractivity contribution in [2.24, 2.45) is 7.05 Å². The molecular formula is C21H21F2N7O3. The number of carbonyl (C=O) groups is 2. The van der Waals surface area contributed by atoms with E-state index in [1.54, 1.807) is 7.05 Å². The maximum Gasteiger partial charge on any atom is 0.413 e. The summed E-state index contributed by atoms with van der Waals surface area (Å²) in [5.41, 5.74) is 1.16. The first-order valence-electron chi connectivity index (χ1n) is 9.79. The molecule has 0 aliphatic carbocycles. The van der Waals surface area contributed by atoms with Crippen LogP contribution in [0.3, 0.4) is 0 Å². The van der Waals surface area contributed by atoms with Crippen molar-refractivity contribution >= 4 is 17.8 Å². The van der Waals surface area contributed by atoms with Gasteiger partial charge in [-0.15, -0.1) is 5.10 Å². The van der Waals surface area contributed by atoms with Crippen molar-refractivity contribution in [3.63, 3.8) is 0 Å². The number of hydrogen-bond donors (Lipinski definition) is 2. The summed E-state index contributed by atoms with van der Waals surface area (Å²) < 4.78 is 32.7. The topological polar surface area (TPSA) is 124 Å². The van der Waals surface area contributed by atoms with Gasteiger partial charge in [-0.05, 0) is 31.2 Å². The number of alkyl halides is 1. The molecule has 0 spiro atoms. The van der Waals surface area contributed by atoms with Gasteiger partial charge >= 0.3 is 6.09 Å². The molecule has 3 rings (SSSR count). The average Bonchev–Trinajstić information content (AvgIpc) is 3.14. The fraction of sp³-hybridized carbons (Fsp3) is 0.238. The predicted octanol–water partition coefficient (Wildman–Crippen LogP) is 3.32. The van der Waals surface area contributed by atoms with Crippen LogP contribution in [-0.2, 0) is 11.8 Å². The van der Waals surface area contributed by atoms with E-state index < -0.39 is 30.7 Å². The number of aromatic nitrogens is 5. The molecule has 0 aliphatic rings. The molecule has 3 heterocycles. The van der Waals surface area contributed by atoms with Crippen LogP contribution in [0.15, 0.2) is 48.9 Å². The summed E-state index contributed by atoms with van der Waals surface area (Å²) in [5.74, 6) is -1.03. The van der Waals surface area contributed by atoms with Gasteiger partial charge in [-0.1, -0.05) is 11.8 Å². The molecule has 3 aromatic heterocycles. The van der Waals surface area contributed by atoms with Crippen LogP contribution in [0.25, 0.3) is 11.4 Å². The number of halogens is 2. The minimum atomic E-state index is -0.897. The minimum Gasteiger partial charge on any atom is -0.441 e. The molecule has 172 valence electrons. The molecule has 0 aromatic carbocycles. The maximum absolute atomic E-state index is 13.8. The van der Waals surface area contributed by atoms with Crippen LogP contribution in [0.1, 0.15) is 35.4 Å². The zero-order chi connectivity index (χ0) is 24.0. The van der Waals surface area contributed by atoms with Crippen molar-refractivity contribution in [3.05, 3.63) is 66.0 Å². The van der Waals surface area contributed by atoms with Gasteiger partial charge < -0.3 is 10.1 Å². The molecule has 12 heteroatoms. The molecule has 0 fully saturated rings. The lowest BCUT2D eigenvalue weighted by atomic mass is 10.2. The van der Waals surface area contributed by atoms with Gasteiger partial charge in [0.25, 0.3) is 5.91 Å². The number of ether oxygens (including phenoxy) is 1. The third-order valence-corrected chi connectivity index (χ3v) is 4.51. The van der Waals surface area contributed by atoms with Gasteiger partial charge in [0.2, 0.25) is 5.95 Å². The molecule has 3 aromatic rings. The van der Waals surface area contributed by atoms with Gasteiger partial charge in [0.1, 0.15) is 6.10 Å². The van der Waals surface area contributed by atoms with Crippen molar-refractivity contribution in [1.29, 1.82) is 0 Å². The smallest absolute Gasteiger partial charge is 0.413 e. The molecule has 10 nitrogen and oxygen atoms in total. The Hall–Kier alpha value is -4.22. The van der Waals surface area contributed by atoms with E-state index in [-0.39, 0.29) is 34.8 Å². The molecule has 1 atom stereocenters. The van der Waals surface area contributed by atoms with Crippen LogP contribution in [0, 0.1) is 5.95 Å². The van der Waals surface area contributed by atoms with E-state index in [4.69, 9.17) is 4.74 Å². The summed E-state index contributed by atoms with van der Waals surface area (Å²) in [6.07, 6.45) is 0.860. The van der Waals surface area contributed by atoms with E-state index in [9.17, 15) is 18.4 Å². The number of pyridine rings is 2. The van der Waals surface area contributed by atoms with Gasteiger partial charge in [0.05, 0.1) is 17.9 Å². The third-order valence-electron chi connectivity index (χ3n) is 4.51. The van der Waals surface area contributed by atoms with Crippen molar-refractivity contribution in [1.82, 2.24) is 30.3 Å². The van der Waals surface area contributed by atoms with Crippen molar-refractivity contribution in [2.45, 2.75) is 19.4 Å². The molecule has 0 unspecified atom stereocenters. The highest BCUT2D eigenvalue weighted by Crippen LogP contribution is 2.25. The minimum absolute atomic E-state index is 0.0219. The summed E-state index contributed by atoms with van der Waals surface area (Å²) >= 11 is 0. The highest BCUT2D eigenvalue weighted by Gasteiger charge is 2.21. The zero-order valence-electron chi connectivity index (χ0n) is 17.9. The Kier molecular flexibility index (Phi) is 7.38. The monoisotopic (exact) mass is 457 g/mol. The largest absolute Gasteiger partial charge is 0.441 e. The number of nitrogens with zero attached hydrogens (tertiary/aromatic N) is 5. The first-order chi connectivity index (χ1) is 15.8. The van der Waals surface area contributed by atoms with Crippen molar-refractivity contribution < 1.29 is 23.1 Å². The Morgan fingerprint density at radius 1 is 1.27 bits per heavy atom. The second-order valence-corrected chi connectivity index (χ2v) is 6.90. The molecule has 0 saturated carbocycles. The Labute approximate surface area is 187 Å². The number of aryl methyl sites for hydroxylation is 1. The predicted molar refractivity (Wildman–Crippen MR) is 114 cm³/mol. The SMILES string of the molecule is C=C(CCF)NC(=O)c1ccc(-c2nnn(C)c2NC(=O)O[C@H](C)c2cccnc2F)nc1. The molecule has 0 aliphatic heterocycles. The first-order valence-corrected chi connectivity index (χ1v) is 9.79. The molecule has 0 saturated heterocycles. The second-order valence-electron chi connectivity index (χ2n) is 6.90. The van der Waals surface area contributed by atoms with E-state index in [2.05, 4.69) is 37.5 Å². The van der Waals surface area contributed by atoms with Gasteiger partial charge in [-0.25, -0.2) is 14.5 Å². The van der Waals surface area contributed by atoms with Crippen LogP contribution in [0.2, 0.25) is 0 Å². The Balaban J connectivity index is 1.71. The number of amides is 2. The number of allylic oxidation sites excluding steroid dienone is 1. The van der Waals surface area contributed by atoms with E-state index >= 15 is 0 Å². The number of hydrogen-bond acceptors (Lipinski definition) is 7. The third kappa shape index (κ3) is 5.73. The summed E-state index contributed by atoms with van der Waals surface area (Å²) in [6.45, 7) is 4.45.